The Balaban J connectivity index is 1.25. The van der Waals surface area contributed by atoms with Crippen LogP contribution < -0.4 is 10.6 Å². The van der Waals surface area contributed by atoms with Crippen molar-refractivity contribution in [1.82, 2.24) is 10.6 Å². The van der Waals surface area contributed by atoms with Gasteiger partial charge in [-0.25, -0.2) is 8.78 Å². The second kappa shape index (κ2) is 11.2. The molecular weight excluding hydrogens is 517 g/mol. The SMILES string of the molecule is CC1(O)CC2(NC(=O)COC3CCC(Cl)C(F)C3)CCC1(NC(=O)COC1CCC(Cl)C(F)C1)CC2. The van der Waals surface area contributed by atoms with Crippen LogP contribution in [0.1, 0.15) is 77.6 Å². The summed E-state index contributed by atoms with van der Waals surface area (Å²) in [6.07, 6.45) is 2.18. The minimum Gasteiger partial charge on any atom is -0.388 e. The Bertz CT molecular complexity index is 811. The molecule has 0 radical (unpaired) electrons. The zero-order chi connectivity index (χ0) is 26.1. The van der Waals surface area contributed by atoms with Gasteiger partial charge in [-0.3, -0.25) is 9.59 Å². The largest absolute Gasteiger partial charge is 0.388 e. The molecule has 3 N–H and O–H groups in total. The van der Waals surface area contributed by atoms with Crippen LogP contribution >= 0.6 is 23.2 Å². The van der Waals surface area contributed by atoms with E-state index in [-0.39, 0.29) is 50.1 Å². The maximum Gasteiger partial charge on any atom is 0.246 e. The number of nitrogens with one attached hydrogen (secondary N) is 2. The number of aliphatic hydroxyl groups is 1. The van der Waals surface area contributed by atoms with Crippen LogP contribution in [0.2, 0.25) is 0 Å². The van der Waals surface area contributed by atoms with Gasteiger partial charge in [-0.1, -0.05) is 0 Å². The smallest absolute Gasteiger partial charge is 0.246 e. The van der Waals surface area contributed by atoms with E-state index in [0.29, 0.717) is 57.8 Å². The predicted molar refractivity (Wildman–Crippen MR) is 132 cm³/mol. The summed E-state index contributed by atoms with van der Waals surface area (Å²) in [5.41, 5.74) is -2.64. The van der Waals surface area contributed by atoms with E-state index < -0.39 is 39.8 Å². The third kappa shape index (κ3) is 6.28. The van der Waals surface area contributed by atoms with Gasteiger partial charge in [-0.05, 0) is 58.3 Å². The molecule has 7 nitrogen and oxygen atoms in total. The van der Waals surface area contributed by atoms with Crippen molar-refractivity contribution in [2.24, 2.45) is 0 Å². The Morgan fingerprint density at radius 3 is 1.78 bits per heavy atom. The first-order chi connectivity index (χ1) is 16.9. The van der Waals surface area contributed by atoms with Crippen LogP contribution in [0, 0.1) is 0 Å². The molecule has 0 aromatic rings. The topological polar surface area (TPSA) is 96.9 Å². The molecule has 2 bridgehead atoms. The number of carbonyl (C=O) groups is 2. The molecule has 0 aromatic heterocycles. The van der Waals surface area contributed by atoms with Gasteiger partial charge in [0.2, 0.25) is 11.8 Å². The molecule has 5 aliphatic rings. The van der Waals surface area contributed by atoms with Crippen LogP contribution in [0.3, 0.4) is 0 Å². The van der Waals surface area contributed by atoms with E-state index in [1.807, 2.05) is 0 Å². The number of rotatable bonds is 8. The van der Waals surface area contributed by atoms with Crippen molar-refractivity contribution >= 4 is 35.0 Å². The molecule has 0 aliphatic heterocycles. The van der Waals surface area contributed by atoms with Gasteiger partial charge in [0.05, 0.1) is 34.1 Å². The normalized spacial score (nSPS) is 44.7. The lowest BCUT2D eigenvalue weighted by molar-refractivity contribution is -0.158. The molecule has 5 saturated carbocycles. The van der Waals surface area contributed by atoms with E-state index in [0.717, 1.165) is 0 Å². The third-order valence-corrected chi connectivity index (χ3v) is 9.73. The second-order valence-corrected chi connectivity index (χ2v) is 12.6. The summed E-state index contributed by atoms with van der Waals surface area (Å²) < 4.78 is 39.0. The third-order valence-electron chi connectivity index (χ3n) is 8.75. The zero-order valence-corrected chi connectivity index (χ0v) is 22.3. The summed E-state index contributed by atoms with van der Waals surface area (Å²) in [7, 11) is 0. The first kappa shape index (κ1) is 28.3. The van der Waals surface area contributed by atoms with Gasteiger partial charge in [-0.2, -0.15) is 0 Å². The van der Waals surface area contributed by atoms with Crippen molar-refractivity contribution in [3.63, 3.8) is 0 Å². The number of carbonyl (C=O) groups excluding carboxylic acids is 2. The van der Waals surface area contributed by atoms with E-state index in [1.54, 1.807) is 6.92 Å². The van der Waals surface area contributed by atoms with Gasteiger partial charge in [-0.15, -0.1) is 23.2 Å². The molecule has 5 fully saturated rings. The summed E-state index contributed by atoms with van der Waals surface area (Å²) in [6.45, 7) is 1.32. The molecule has 2 amide bonds. The average Bonchev–Trinajstić information content (AvgIpc) is 2.81. The van der Waals surface area contributed by atoms with Gasteiger partial charge >= 0.3 is 0 Å². The van der Waals surface area contributed by atoms with E-state index in [4.69, 9.17) is 32.7 Å². The molecule has 7 unspecified atom stereocenters. The number of fused-ring (bicyclic) bond motifs is 3. The van der Waals surface area contributed by atoms with Gasteiger partial charge in [0.15, 0.2) is 0 Å². The number of halogens is 4. The molecule has 5 aliphatic carbocycles. The molecule has 206 valence electrons. The Labute approximate surface area is 221 Å². The highest BCUT2D eigenvalue weighted by Gasteiger charge is 2.61. The Morgan fingerprint density at radius 2 is 1.33 bits per heavy atom. The maximum absolute atomic E-state index is 13.8. The van der Waals surface area contributed by atoms with E-state index >= 15 is 0 Å². The van der Waals surface area contributed by atoms with Crippen molar-refractivity contribution in [2.45, 2.75) is 130 Å². The highest BCUT2D eigenvalue weighted by molar-refractivity contribution is 6.21. The zero-order valence-electron chi connectivity index (χ0n) is 20.7. The fraction of sp³-hybridized carbons (Fsp3) is 0.920. The van der Waals surface area contributed by atoms with Crippen molar-refractivity contribution in [3.8, 4) is 0 Å². The highest BCUT2D eigenvalue weighted by atomic mass is 35.5. The van der Waals surface area contributed by atoms with Gasteiger partial charge in [0.25, 0.3) is 0 Å². The fourth-order valence-electron chi connectivity index (χ4n) is 6.54. The van der Waals surface area contributed by atoms with Crippen LogP contribution in [-0.4, -0.2) is 82.1 Å². The first-order valence-corrected chi connectivity index (χ1v) is 13.9. The summed E-state index contributed by atoms with van der Waals surface area (Å²) >= 11 is 11.8. The number of ether oxygens (including phenoxy) is 2. The van der Waals surface area contributed by atoms with Crippen LogP contribution in [0.4, 0.5) is 8.78 Å². The van der Waals surface area contributed by atoms with Crippen LogP contribution in [0.15, 0.2) is 0 Å². The highest BCUT2D eigenvalue weighted by Crippen LogP contribution is 2.52. The molecule has 7 atom stereocenters. The Hall–Kier alpha value is -0.740. The molecule has 0 aromatic carbocycles. The number of hydrogen-bond acceptors (Lipinski definition) is 5. The van der Waals surface area contributed by atoms with Crippen molar-refractivity contribution in [1.29, 1.82) is 0 Å². The molecule has 0 spiro atoms. The molecular formula is C25H38Cl2F2N2O5. The van der Waals surface area contributed by atoms with Crippen LogP contribution in [-0.2, 0) is 19.1 Å². The molecule has 36 heavy (non-hydrogen) atoms. The monoisotopic (exact) mass is 554 g/mol. The predicted octanol–water partition coefficient (Wildman–Crippen LogP) is 3.45. The average molecular weight is 555 g/mol. The van der Waals surface area contributed by atoms with E-state index in [2.05, 4.69) is 10.6 Å². The molecule has 0 saturated heterocycles. The number of amides is 2. The Kier molecular flexibility index (Phi) is 8.77. The number of hydrogen-bond donors (Lipinski definition) is 3. The second-order valence-electron chi connectivity index (χ2n) is 11.5. The number of alkyl halides is 4. The molecule has 5 rings (SSSR count). The van der Waals surface area contributed by atoms with Crippen molar-refractivity contribution in [2.75, 3.05) is 13.2 Å². The minimum absolute atomic E-state index is 0.168. The lowest BCUT2D eigenvalue weighted by Gasteiger charge is -2.61. The molecule has 11 heteroatoms. The molecule has 0 heterocycles. The van der Waals surface area contributed by atoms with E-state index in [1.165, 1.54) is 0 Å². The van der Waals surface area contributed by atoms with Gasteiger partial charge < -0.3 is 25.2 Å². The summed E-state index contributed by atoms with van der Waals surface area (Å²) in [5.74, 6) is -0.637. The minimum atomic E-state index is -1.24. The van der Waals surface area contributed by atoms with Crippen molar-refractivity contribution < 1.29 is 33.0 Å². The lowest BCUT2D eigenvalue weighted by atomic mass is 9.54. The Morgan fingerprint density at radius 1 is 0.861 bits per heavy atom. The first-order valence-electron chi connectivity index (χ1n) is 13.1. The van der Waals surface area contributed by atoms with Gasteiger partial charge in [0.1, 0.15) is 25.6 Å². The van der Waals surface area contributed by atoms with Gasteiger partial charge in [0, 0.05) is 24.8 Å². The fourth-order valence-corrected chi connectivity index (χ4v) is 7.00. The maximum atomic E-state index is 13.8. The van der Waals surface area contributed by atoms with Crippen molar-refractivity contribution in [3.05, 3.63) is 0 Å². The lowest BCUT2D eigenvalue weighted by Crippen LogP contribution is -2.75. The summed E-state index contributed by atoms with van der Waals surface area (Å²) in [6, 6.07) is 0. The van der Waals surface area contributed by atoms with Crippen LogP contribution in [0.25, 0.3) is 0 Å². The standard InChI is InChI=1S/C25H38Cl2F2N2O5/c1-23(34)14-24(30-21(32)12-35-15-2-4-17(26)19(28)10-15)6-8-25(23,9-7-24)31-22(33)13-36-16-3-5-18(27)20(29)11-16/h15-20,34H,2-14H2,1H3,(H,30,32)(H,31,33). The van der Waals surface area contributed by atoms with Crippen LogP contribution in [0.5, 0.6) is 0 Å². The van der Waals surface area contributed by atoms with E-state index in [9.17, 15) is 23.5 Å². The quantitative estimate of drug-likeness (QED) is 0.399. The summed E-state index contributed by atoms with van der Waals surface area (Å²) in [4.78, 5) is 25.4. The summed E-state index contributed by atoms with van der Waals surface area (Å²) in [5, 5.41) is 16.4.